The fourth-order valence-corrected chi connectivity index (χ4v) is 2.35. The fraction of sp³-hybridized carbons (Fsp3) is 0.0667. The van der Waals surface area contributed by atoms with Crippen molar-refractivity contribution in [2.45, 2.75) is 6.42 Å². The number of ether oxygens (including phenoxy) is 1. The summed E-state index contributed by atoms with van der Waals surface area (Å²) in [5, 5.41) is 0.736. The number of carbonyl (C=O) groups is 1. The van der Waals surface area contributed by atoms with Crippen LogP contribution >= 0.6 is 24.0 Å². The number of aromatic amines is 1. The Balaban J connectivity index is 0.00000176. The van der Waals surface area contributed by atoms with E-state index >= 15 is 0 Å². The van der Waals surface area contributed by atoms with Crippen molar-refractivity contribution in [3.63, 3.8) is 0 Å². The Hall–Kier alpha value is -2.24. The lowest BCUT2D eigenvalue weighted by Crippen LogP contribution is -2.16. The molecule has 0 aliphatic rings. The zero-order valence-corrected chi connectivity index (χ0v) is 12.9. The lowest BCUT2D eigenvalue weighted by molar-refractivity contribution is 0.207. The van der Waals surface area contributed by atoms with Crippen LogP contribution in [0.4, 0.5) is 4.79 Å². The molecule has 5 nitrogen and oxygen atoms in total. The number of nitrogens with zero attached hydrogens (tertiary/aromatic N) is 1. The van der Waals surface area contributed by atoms with Gasteiger partial charge in [-0.3, -0.25) is 0 Å². The normalized spacial score (nSPS) is 10.2. The van der Waals surface area contributed by atoms with E-state index in [9.17, 15) is 4.79 Å². The molecular formula is C15H13Cl2N3O2. The molecule has 0 bridgehead atoms. The second-order valence-electron chi connectivity index (χ2n) is 4.58. The van der Waals surface area contributed by atoms with E-state index in [1.807, 2.05) is 42.5 Å². The minimum Gasteiger partial charge on any atom is -0.376 e. The van der Waals surface area contributed by atoms with E-state index in [1.54, 1.807) is 0 Å². The SMILES string of the molecule is Cl.NC(=O)Oc1nc2ccc(Cc3ccccc3Cl)cc2[nH]1. The van der Waals surface area contributed by atoms with E-state index in [0.29, 0.717) is 11.9 Å². The minimum absolute atomic E-state index is 0. The van der Waals surface area contributed by atoms with Gasteiger partial charge in [-0.05, 0) is 35.7 Å². The van der Waals surface area contributed by atoms with Gasteiger partial charge < -0.3 is 15.5 Å². The molecule has 22 heavy (non-hydrogen) atoms. The van der Waals surface area contributed by atoms with Crippen molar-refractivity contribution in [2.24, 2.45) is 5.73 Å². The first-order valence-corrected chi connectivity index (χ1v) is 6.69. The number of aromatic nitrogens is 2. The number of benzene rings is 2. The van der Waals surface area contributed by atoms with E-state index in [1.165, 1.54) is 0 Å². The van der Waals surface area contributed by atoms with Crippen LogP contribution in [-0.4, -0.2) is 16.1 Å². The molecule has 7 heteroatoms. The Labute approximate surface area is 137 Å². The van der Waals surface area contributed by atoms with Gasteiger partial charge in [0.1, 0.15) is 0 Å². The number of hydrogen-bond acceptors (Lipinski definition) is 3. The molecule has 1 aromatic heterocycles. The van der Waals surface area contributed by atoms with Gasteiger partial charge in [-0.25, -0.2) is 4.79 Å². The third-order valence-electron chi connectivity index (χ3n) is 3.07. The van der Waals surface area contributed by atoms with Gasteiger partial charge >= 0.3 is 12.1 Å². The Morgan fingerprint density at radius 3 is 2.77 bits per heavy atom. The Morgan fingerprint density at radius 1 is 1.27 bits per heavy atom. The average Bonchev–Trinajstić information content (AvgIpc) is 2.82. The predicted molar refractivity (Wildman–Crippen MR) is 87.8 cm³/mol. The number of rotatable bonds is 3. The number of fused-ring (bicyclic) bond motifs is 1. The number of carbonyl (C=O) groups excluding carboxylic acids is 1. The first kappa shape index (κ1) is 16.1. The summed E-state index contributed by atoms with van der Waals surface area (Å²) in [5.74, 6) is 0. The van der Waals surface area contributed by atoms with Crippen LogP contribution in [0.1, 0.15) is 11.1 Å². The van der Waals surface area contributed by atoms with Gasteiger partial charge in [0.15, 0.2) is 0 Å². The van der Waals surface area contributed by atoms with E-state index < -0.39 is 6.09 Å². The molecule has 0 aliphatic heterocycles. The maximum atomic E-state index is 10.7. The monoisotopic (exact) mass is 337 g/mol. The maximum absolute atomic E-state index is 10.7. The molecule has 1 heterocycles. The number of nitrogens with one attached hydrogen (secondary N) is 1. The molecule has 3 aromatic rings. The topological polar surface area (TPSA) is 81.0 Å². The molecule has 3 N–H and O–H groups in total. The van der Waals surface area contributed by atoms with Crippen molar-refractivity contribution < 1.29 is 9.53 Å². The largest absolute Gasteiger partial charge is 0.412 e. The highest BCUT2D eigenvalue weighted by Gasteiger charge is 2.08. The molecule has 3 rings (SSSR count). The number of primary amides is 1. The van der Waals surface area contributed by atoms with Crippen molar-refractivity contribution in [1.29, 1.82) is 0 Å². The number of halogens is 2. The van der Waals surface area contributed by atoms with Crippen LogP contribution in [-0.2, 0) is 6.42 Å². The molecule has 0 unspecified atom stereocenters. The van der Waals surface area contributed by atoms with Gasteiger partial charge in [0.2, 0.25) is 0 Å². The second-order valence-corrected chi connectivity index (χ2v) is 4.99. The minimum atomic E-state index is -0.898. The van der Waals surface area contributed by atoms with Crippen molar-refractivity contribution in [1.82, 2.24) is 9.97 Å². The quantitative estimate of drug-likeness (QED) is 0.764. The fourth-order valence-electron chi connectivity index (χ4n) is 2.15. The molecule has 1 amide bonds. The highest BCUT2D eigenvalue weighted by molar-refractivity contribution is 6.31. The number of amides is 1. The molecule has 0 saturated carbocycles. The summed E-state index contributed by atoms with van der Waals surface area (Å²) < 4.78 is 4.73. The Kier molecular flexibility index (Phi) is 4.90. The number of nitrogens with two attached hydrogens (primary N) is 1. The van der Waals surface area contributed by atoms with E-state index in [2.05, 4.69) is 9.97 Å². The van der Waals surface area contributed by atoms with Crippen LogP contribution in [0, 0.1) is 0 Å². The number of H-pyrrole nitrogens is 1. The molecule has 0 saturated heterocycles. The van der Waals surface area contributed by atoms with Crippen molar-refractivity contribution in [3.8, 4) is 6.01 Å². The van der Waals surface area contributed by atoms with Crippen LogP contribution in [0.5, 0.6) is 6.01 Å². The van der Waals surface area contributed by atoms with Crippen molar-refractivity contribution in [2.75, 3.05) is 0 Å². The van der Waals surface area contributed by atoms with Crippen LogP contribution in [0.15, 0.2) is 42.5 Å². The molecule has 0 radical (unpaired) electrons. The lowest BCUT2D eigenvalue weighted by Gasteiger charge is -2.04. The highest BCUT2D eigenvalue weighted by Crippen LogP contribution is 2.22. The van der Waals surface area contributed by atoms with Gasteiger partial charge in [-0.1, -0.05) is 35.9 Å². The maximum Gasteiger partial charge on any atom is 0.412 e. The van der Waals surface area contributed by atoms with E-state index in [0.717, 1.165) is 21.7 Å². The zero-order valence-electron chi connectivity index (χ0n) is 11.4. The van der Waals surface area contributed by atoms with Crippen LogP contribution in [0.2, 0.25) is 5.02 Å². The van der Waals surface area contributed by atoms with E-state index in [4.69, 9.17) is 22.1 Å². The third kappa shape index (κ3) is 3.50. The van der Waals surface area contributed by atoms with E-state index in [-0.39, 0.29) is 18.4 Å². The van der Waals surface area contributed by atoms with Gasteiger partial charge in [0.05, 0.1) is 11.0 Å². The van der Waals surface area contributed by atoms with Gasteiger partial charge in [0.25, 0.3) is 0 Å². The molecule has 0 aliphatic carbocycles. The number of hydrogen-bond donors (Lipinski definition) is 2. The van der Waals surface area contributed by atoms with Crippen molar-refractivity contribution >= 4 is 41.1 Å². The first-order valence-electron chi connectivity index (χ1n) is 6.31. The molecule has 0 atom stereocenters. The van der Waals surface area contributed by atoms with Crippen molar-refractivity contribution in [3.05, 3.63) is 58.6 Å². The molecule has 0 spiro atoms. The summed E-state index contributed by atoms with van der Waals surface area (Å²) in [6.07, 6.45) is -0.189. The van der Waals surface area contributed by atoms with Crippen LogP contribution in [0.3, 0.4) is 0 Å². The van der Waals surface area contributed by atoms with Crippen LogP contribution < -0.4 is 10.5 Å². The summed E-state index contributed by atoms with van der Waals surface area (Å²) in [6.45, 7) is 0. The second kappa shape index (κ2) is 6.68. The van der Waals surface area contributed by atoms with Crippen LogP contribution in [0.25, 0.3) is 11.0 Å². The first-order chi connectivity index (χ1) is 10.1. The average molecular weight is 338 g/mol. The Morgan fingerprint density at radius 2 is 2.05 bits per heavy atom. The summed E-state index contributed by atoms with van der Waals surface area (Å²) in [6, 6.07) is 13.6. The molecule has 2 aromatic carbocycles. The molecule has 0 fully saturated rings. The van der Waals surface area contributed by atoms with Gasteiger partial charge in [0, 0.05) is 5.02 Å². The molecule has 114 valence electrons. The summed E-state index contributed by atoms with van der Waals surface area (Å²) in [7, 11) is 0. The smallest absolute Gasteiger partial charge is 0.376 e. The Bertz CT molecular complexity index is 817. The predicted octanol–water partition coefficient (Wildman–Crippen LogP) is 3.69. The highest BCUT2D eigenvalue weighted by atomic mass is 35.5. The number of imidazole rings is 1. The van der Waals surface area contributed by atoms with Gasteiger partial charge in [-0.2, -0.15) is 4.98 Å². The molecular weight excluding hydrogens is 325 g/mol. The summed E-state index contributed by atoms with van der Waals surface area (Å²) in [5.41, 5.74) is 8.56. The summed E-state index contributed by atoms with van der Waals surface area (Å²) >= 11 is 6.16. The third-order valence-corrected chi connectivity index (χ3v) is 3.44. The van der Waals surface area contributed by atoms with Gasteiger partial charge in [-0.15, -0.1) is 12.4 Å². The standard InChI is InChI=1S/C15H12ClN3O2.ClH/c16-11-4-2-1-3-10(11)7-9-5-6-12-13(8-9)19-15(18-12)21-14(17)20;/h1-6,8H,7H2,(H2,17,20)(H,18,19);1H. The zero-order chi connectivity index (χ0) is 14.8. The lowest BCUT2D eigenvalue weighted by atomic mass is 10.0. The summed E-state index contributed by atoms with van der Waals surface area (Å²) in [4.78, 5) is 17.7.